The topological polar surface area (TPSA) is 74.1 Å². The summed E-state index contributed by atoms with van der Waals surface area (Å²) in [6, 6.07) is 7.35. The number of nitrogen functional groups attached to an aromatic ring is 1. The SMILES string of the molecule is Nn1cnc2c(oc3ccccc32)c1=O. The fourth-order valence-electron chi connectivity index (χ4n) is 1.59. The monoisotopic (exact) mass is 201 g/mol. The predicted octanol–water partition coefficient (Wildman–Crippen LogP) is 0.856. The van der Waals surface area contributed by atoms with Crippen LogP contribution in [0.3, 0.4) is 0 Å². The third-order valence-corrected chi connectivity index (χ3v) is 2.31. The van der Waals surface area contributed by atoms with Crippen LogP contribution in [0, 0.1) is 0 Å². The molecular weight excluding hydrogens is 194 g/mol. The van der Waals surface area contributed by atoms with E-state index in [1.165, 1.54) is 6.33 Å². The van der Waals surface area contributed by atoms with Gasteiger partial charge in [0.15, 0.2) is 0 Å². The number of benzene rings is 1. The van der Waals surface area contributed by atoms with Gasteiger partial charge < -0.3 is 10.3 Å². The van der Waals surface area contributed by atoms with Crippen LogP contribution < -0.4 is 11.4 Å². The van der Waals surface area contributed by atoms with Crippen molar-refractivity contribution in [1.29, 1.82) is 0 Å². The van der Waals surface area contributed by atoms with Crippen molar-refractivity contribution >= 4 is 22.1 Å². The van der Waals surface area contributed by atoms with Crippen molar-refractivity contribution in [3.8, 4) is 0 Å². The van der Waals surface area contributed by atoms with Gasteiger partial charge in [0.1, 0.15) is 17.4 Å². The Morgan fingerprint density at radius 1 is 1.33 bits per heavy atom. The Bertz CT molecular complexity index is 711. The van der Waals surface area contributed by atoms with Crippen LogP contribution in [0.15, 0.2) is 39.8 Å². The number of nitrogens with two attached hydrogens (primary N) is 1. The highest BCUT2D eigenvalue weighted by Gasteiger charge is 2.11. The average Bonchev–Trinajstić information content (AvgIpc) is 2.63. The average molecular weight is 201 g/mol. The molecular formula is C10H7N3O2. The van der Waals surface area contributed by atoms with Crippen molar-refractivity contribution in [3.63, 3.8) is 0 Å². The third kappa shape index (κ3) is 0.969. The molecule has 1 aromatic carbocycles. The van der Waals surface area contributed by atoms with Crippen molar-refractivity contribution in [2.24, 2.45) is 0 Å². The van der Waals surface area contributed by atoms with Crippen molar-refractivity contribution < 1.29 is 4.42 Å². The summed E-state index contributed by atoms with van der Waals surface area (Å²) in [6.45, 7) is 0. The van der Waals surface area contributed by atoms with E-state index in [0.717, 1.165) is 10.1 Å². The quantitative estimate of drug-likeness (QED) is 0.547. The summed E-state index contributed by atoms with van der Waals surface area (Å²) in [5, 5.41) is 0.824. The van der Waals surface area contributed by atoms with Crippen molar-refractivity contribution in [2.75, 3.05) is 5.84 Å². The lowest BCUT2D eigenvalue weighted by Gasteiger charge is -1.93. The van der Waals surface area contributed by atoms with Gasteiger partial charge in [-0.3, -0.25) is 4.79 Å². The zero-order valence-electron chi connectivity index (χ0n) is 7.68. The number of rotatable bonds is 0. The molecule has 0 bridgehead atoms. The van der Waals surface area contributed by atoms with Crippen molar-refractivity contribution in [3.05, 3.63) is 40.9 Å². The van der Waals surface area contributed by atoms with Gasteiger partial charge in [-0.1, -0.05) is 12.1 Å². The normalized spacial score (nSPS) is 11.2. The first-order valence-electron chi connectivity index (χ1n) is 4.41. The van der Waals surface area contributed by atoms with Crippen LogP contribution in [0.5, 0.6) is 0 Å². The number of nitrogens with zero attached hydrogens (tertiary/aromatic N) is 2. The van der Waals surface area contributed by atoms with Crippen LogP contribution in [-0.4, -0.2) is 9.66 Å². The number of hydrogen-bond donors (Lipinski definition) is 1. The van der Waals surface area contributed by atoms with Crippen molar-refractivity contribution in [2.45, 2.75) is 0 Å². The summed E-state index contributed by atoms with van der Waals surface area (Å²) in [7, 11) is 0. The summed E-state index contributed by atoms with van der Waals surface area (Å²) in [5.41, 5.74) is 1.01. The fraction of sp³-hybridized carbons (Fsp3) is 0. The maximum absolute atomic E-state index is 11.6. The zero-order chi connectivity index (χ0) is 10.4. The second-order valence-corrected chi connectivity index (χ2v) is 3.23. The minimum absolute atomic E-state index is 0.196. The van der Waals surface area contributed by atoms with Crippen LogP contribution in [0.1, 0.15) is 0 Å². The molecule has 3 rings (SSSR count). The van der Waals surface area contributed by atoms with E-state index in [9.17, 15) is 4.79 Å². The summed E-state index contributed by atoms with van der Waals surface area (Å²) >= 11 is 0. The standard InChI is InChI=1S/C10H7N3O2/c11-13-5-12-8-6-3-1-2-4-7(6)15-9(8)10(13)14/h1-5H,11H2. The van der Waals surface area contributed by atoms with Crippen LogP contribution in [0.2, 0.25) is 0 Å². The van der Waals surface area contributed by atoms with Crippen LogP contribution in [0.25, 0.3) is 22.1 Å². The molecule has 3 aromatic rings. The first kappa shape index (κ1) is 8.05. The van der Waals surface area contributed by atoms with Gasteiger partial charge in [-0.2, -0.15) is 0 Å². The highest BCUT2D eigenvalue weighted by molar-refractivity contribution is 6.01. The molecule has 5 heteroatoms. The van der Waals surface area contributed by atoms with Crippen LogP contribution >= 0.6 is 0 Å². The van der Waals surface area contributed by atoms with E-state index >= 15 is 0 Å². The highest BCUT2D eigenvalue weighted by Crippen LogP contribution is 2.23. The molecule has 0 atom stereocenters. The minimum Gasteiger partial charge on any atom is -0.448 e. The van der Waals surface area contributed by atoms with E-state index in [1.807, 2.05) is 18.2 Å². The minimum atomic E-state index is -0.379. The Morgan fingerprint density at radius 3 is 3.00 bits per heavy atom. The van der Waals surface area contributed by atoms with E-state index < -0.39 is 0 Å². The lowest BCUT2D eigenvalue weighted by Crippen LogP contribution is -2.26. The maximum atomic E-state index is 11.6. The van der Waals surface area contributed by atoms with Gasteiger partial charge in [-0.05, 0) is 12.1 Å². The Kier molecular flexibility index (Phi) is 1.39. The highest BCUT2D eigenvalue weighted by atomic mass is 16.3. The van der Waals surface area contributed by atoms with Gasteiger partial charge >= 0.3 is 5.56 Å². The van der Waals surface area contributed by atoms with Gasteiger partial charge in [-0.15, -0.1) is 0 Å². The zero-order valence-corrected chi connectivity index (χ0v) is 7.68. The van der Waals surface area contributed by atoms with Gasteiger partial charge in [0.05, 0.1) is 0 Å². The molecule has 0 aliphatic heterocycles. The Morgan fingerprint density at radius 2 is 2.13 bits per heavy atom. The molecule has 0 amide bonds. The van der Waals surface area contributed by atoms with E-state index in [1.54, 1.807) is 6.07 Å². The number of fused-ring (bicyclic) bond motifs is 3. The lowest BCUT2D eigenvalue weighted by molar-refractivity contribution is 0.655. The molecule has 0 aliphatic carbocycles. The molecule has 2 aromatic heterocycles. The molecule has 0 aliphatic rings. The summed E-state index contributed by atoms with van der Waals surface area (Å²) in [5.74, 6) is 5.39. The van der Waals surface area contributed by atoms with Crippen molar-refractivity contribution in [1.82, 2.24) is 9.66 Å². The second kappa shape index (κ2) is 2.60. The Hall–Kier alpha value is -2.30. The van der Waals surface area contributed by atoms with Gasteiger partial charge in [0.2, 0.25) is 5.58 Å². The molecule has 5 nitrogen and oxygen atoms in total. The fourth-order valence-corrected chi connectivity index (χ4v) is 1.59. The number of furan rings is 1. The van der Waals surface area contributed by atoms with Crippen LogP contribution in [-0.2, 0) is 0 Å². The maximum Gasteiger partial charge on any atom is 0.315 e. The van der Waals surface area contributed by atoms with E-state index in [2.05, 4.69) is 4.98 Å². The first-order valence-corrected chi connectivity index (χ1v) is 4.41. The van der Waals surface area contributed by atoms with Gasteiger partial charge in [0.25, 0.3) is 0 Å². The number of para-hydroxylation sites is 1. The van der Waals surface area contributed by atoms with Gasteiger partial charge in [0, 0.05) is 5.39 Å². The van der Waals surface area contributed by atoms with Crippen LogP contribution in [0.4, 0.5) is 0 Å². The van der Waals surface area contributed by atoms with Gasteiger partial charge in [-0.25, -0.2) is 9.66 Å². The summed E-state index contributed by atoms with van der Waals surface area (Å²) in [6.07, 6.45) is 1.28. The smallest absolute Gasteiger partial charge is 0.315 e. The van der Waals surface area contributed by atoms with E-state index in [0.29, 0.717) is 11.1 Å². The molecule has 0 saturated carbocycles. The molecule has 0 saturated heterocycles. The second-order valence-electron chi connectivity index (χ2n) is 3.23. The largest absolute Gasteiger partial charge is 0.448 e. The molecule has 2 N–H and O–H groups in total. The number of hydrogen-bond acceptors (Lipinski definition) is 4. The molecule has 2 heterocycles. The molecule has 0 unspecified atom stereocenters. The third-order valence-electron chi connectivity index (χ3n) is 2.31. The summed E-state index contributed by atoms with van der Waals surface area (Å²) < 4.78 is 6.30. The summed E-state index contributed by atoms with van der Waals surface area (Å²) in [4.78, 5) is 15.7. The number of aromatic nitrogens is 2. The molecule has 0 radical (unpaired) electrons. The Balaban J connectivity index is 2.66. The predicted molar refractivity (Wildman–Crippen MR) is 55.9 cm³/mol. The lowest BCUT2D eigenvalue weighted by atomic mass is 10.2. The molecule has 0 fully saturated rings. The first-order chi connectivity index (χ1) is 7.27. The van der Waals surface area contributed by atoms with E-state index in [-0.39, 0.29) is 11.1 Å². The molecule has 0 spiro atoms. The molecule has 15 heavy (non-hydrogen) atoms. The Labute approximate surface area is 83.7 Å². The molecule has 74 valence electrons. The van der Waals surface area contributed by atoms with E-state index in [4.69, 9.17) is 10.3 Å².